The molecule has 4 heterocycles. The van der Waals surface area contributed by atoms with Crippen LogP contribution in [0.15, 0.2) is 75.3 Å². The quantitative estimate of drug-likeness (QED) is 0.443. The standard InChI is InChI=1S/C26H18N2O3S2/c29-25-22(13-15-7-10-19-20(12-15)31-14-30-19)33-26-27-23-17-5-2-1-4-16(17)8-9-18(23)24(28(25)26)21-6-3-11-32-21/h1-7,10-13,24H,8-9,14H2/b22-13+. The minimum Gasteiger partial charge on any atom is -0.454 e. The lowest BCUT2D eigenvalue weighted by Crippen LogP contribution is -2.38. The maximum Gasteiger partial charge on any atom is 0.271 e. The van der Waals surface area contributed by atoms with Crippen LogP contribution in [0.25, 0.3) is 11.8 Å². The second kappa shape index (κ2) is 7.30. The summed E-state index contributed by atoms with van der Waals surface area (Å²) in [5.74, 6) is 1.44. The van der Waals surface area contributed by atoms with E-state index in [0.29, 0.717) is 10.3 Å². The van der Waals surface area contributed by atoms with Crippen molar-refractivity contribution in [3.05, 3.63) is 107 Å². The van der Waals surface area contributed by atoms with E-state index in [9.17, 15) is 4.79 Å². The minimum absolute atomic E-state index is 0.000209. The zero-order valence-electron chi connectivity index (χ0n) is 17.5. The molecule has 2 aliphatic heterocycles. The van der Waals surface area contributed by atoms with Crippen molar-refractivity contribution in [2.24, 2.45) is 4.99 Å². The zero-order valence-corrected chi connectivity index (χ0v) is 19.1. The average Bonchev–Trinajstić information content (AvgIpc) is 3.59. The monoisotopic (exact) mass is 470 g/mol. The number of rotatable bonds is 2. The van der Waals surface area contributed by atoms with Crippen molar-refractivity contribution in [3.63, 3.8) is 0 Å². The van der Waals surface area contributed by atoms with Crippen molar-refractivity contribution in [2.45, 2.75) is 18.9 Å². The fourth-order valence-corrected chi connectivity index (χ4v) is 6.72. The highest BCUT2D eigenvalue weighted by atomic mass is 32.1. The van der Waals surface area contributed by atoms with Gasteiger partial charge in [-0.15, -0.1) is 11.3 Å². The van der Waals surface area contributed by atoms with Gasteiger partial charge in [0.1, 0.15) is 0 Å². The lowest BCUT2D eigenvalue weighted by Gasteiger charge is -2.30. The molecule has 33 heavy (non-hydrogen) atoms. The van der Waals surface area contributed by atoms with Crippen LogP contribution in [-0.4, -0.2) is 11.4 Å². The molecule has 1 aliphatic carbocycles. The van der Waals surface area contributed by atoms with E-state index in [-0.39, 0.29) is 18.4 Å². The molecular formula is C26H18N2O3S2. The van der Waals surface area contributed by atoms with Crippen molar-refractivity contribution < 1.29 is 9.47 Å². The largest absolute Gasteiger partial charge is 0.454 e. The number of allylic oxidation sites excluding steroid dienone is 1. The van der Waals surface area contributed by atoms with Gasteiger partial charge in [-0.2, -0.15) is 0 Å². The van der Waals surface area contributed by atoms with Gasteiger partial charge in [0, 0.05) is 10.4 Å². The van der Waals surface area contributed by atoms with Crippen LogP contribution in [0.5, 0.6) is 11.5 Å². The smallest absolute Gasteiger partial charge is 0.271 e. The molecule has 2 aromatic heterocycles. The lowest BCUT2D eigenvalue weighted by molar-refractivity contribution is 0.174. The Labute approximate surface area is 197 Å². The van der Waals surface area contributed by atoms with E-state index in [1.165, 1.54) is 32.9 Å². The first kappa shape index (κ1) is 19.1. The van der Waals surface area contributed by atoms with E-state index in [1.807, 2.05) is 28.8 Å². The molecular weight excluding hydrogens is 452 g/mol. The molecule has 0 fully saturated rings. The summed E-state index contributed by atoms with van der Waals surface area (Å²) in [5, 5.41) is 2.08. The van der Waals surface area contributed by atoms with Crippen molar-refractivity contribution in [2.75, 3.05) is 6.79 Å². The summed E-state index contributed by atoms with van der Waals surface area (Å²) in [4.78, 5) is 20.7. The molecule has 0 amide bonds. The van der Waals surface area contributed by atoms with Gasteiger partial charge in [-0.05, 0) is 59.2 Å². The molecule has 7 rings (SSSR count). The SMILES string of the molecule is O=c1/c(=C\c2ccc3c(c2)OCO3)sc2n1C(c1cccs1)C1=C(N=2)c2ccccc2CC1. The molecule has 0 saturated heterocycles. The number of aryl methyl sites for hydroxylation is 1. The first-order valence-electron chi connectivity index (χ1n) is 10.8. The summed E-state index contributed by atoms with van der Waals surface area (Å²) >= 11 is 3.14. The number of benzene rings is 2. The molecule has 0 radical (unpaired) electrons. The molecule has 1 unspecified atom stereocenters. The van der Waals surface area contributed by atoms with E-state index < -0.39 is 0 Å². The van der Waals surface area contributed by atoms with E-state index in [4.69, 9.17) is 14.5 Å². The summed E-state index contributed by atoms with van der Waals surface area (Å²) < 4.78 is 13.5. The van der Waals surface area contributed by atoms with Crippen LogP contribution in [0.4, 0.5) is 0 Å². The highest BCUT2D eigenvalue weighted by Gasteiger charge is 2.33. The molecule has 7 heteroatoms. The molecule has 3 aliphatic rings. The Balaban J connectivity index is 1.46. The molecule has 0 saturated carbocycles. The van der Waals surface area contributed by atoms with Crippen LogP contribution in [0.2, 0.25) is 0 Å². The predicted octanol–water partition coefficient (Wildman–Crippen LogP) is 4.11. The van der Waals surface area contributed by atoms with Crippen molar-refractivity contribution in [1.82, 2.24) is 4.57 Å². The van der Waals surface area contributed by atoms with E-state index in [2.05, 4.69) is 41.8 Å². The van der Waals surface area contributed by atoms with Crippen LogP contribution in [0, 0.1) is 0 Å². The Hall–Kier alpha value is -3.42. The summed E-state index contributed by atoms with van der Waals surface area (Å²) in [6.45, 7) is 0.231. The van der Waals surface area contributed by atoms with E-state index >= 15 is 0 Å². The molecule has 0 bridgehead atoms. The number of hydrogen-bond acceptors (Lipinski definition) is 6. The summed E-state index contributed by atoms with van der Waals surface area (Å²) in [5.41, 5.74) is 5.69. The number of thiophene rings is 1. The molecule has 0 N–H and O–H groups in total. The number of fused-ring (bicyclic) bond motifs is 4. The van der Waals surface area contributed by atoms with Gasteiger partial charge in [0.15, 0.2) is 16.3 Å². The third-order valence-electron chi connectivity index (χ3n) is 6.38. The maximum atomic E-state index is 13.7. The summed E-state index contributed by atoms with van der Waals surface area (Å²) in [6, 6.07) is 18.3. The zero-order chi connectivity index (χ0) is 21.9. The number of ether oxygens (including phenoxy) is 2. The minimum atomic E-state index is -0.108. The predicted molar refractivity (Wildman–Crippen MR) is 130 cm³/mol. The van der Waals surface area contributed by atoms with Gasteiger partial charge in [0.05, 0.1) is 16.3 Å². The van der Waals surface area contributed by atoms with Gasteiger partial charge >= 0.3 is 0 Å². The number of nitrogens with zero attached hydrogens (tertiary/aromatic N) is 2. The summed E-state index contributed by atoms with van der Waals surface area (Å²) in [6.07, 6.45) is 3.80. The van der Waals surface area contributed by atoms with Crippen molar-refractivity contribution in [1.29, 1.82) is 0 Å². The highest BCUT2D eigenvalue weighted by Crippen LogP contribution is 2.42. The molecule has 2 aromatic carbocycles. The van der Waals surface area contributed by atoms with Gasteiger partial charge in [-0.25, -0.2) is 4.99 Å². The normalized spacial score (nSPS) is 18.5. The Morgan fingerprint density at radius 3 is 2.85 bits per heavy atom. The van der Waals surface area contributed by atoms with Gasteiger partial charge in [0.2, 0.25) is 6.79 Å². The van der Waals surface area contributed by atoms with Gasteiger partial charge in [-0.1, -0.05) is 47.7 Å². The molecule has 162 valence electrons. The Morgan fingerprint density at radius 1 is 1.03 bits per heavy atom. The fourth-order valence-electron chi connectivity index (χ4n) is 4.87. The third-order valence-corrected chi connectivity index (χ3v) is 8.29. The Morgan fingerprint density at radius 2 is 1.94 bits per heavy atom. The van der Waals surface area contributed by atoms with Crippen LogP contribution in [-0.2, 0) is 6.42 Å². The van der Waals surface area contributed by atoms with Crippen LogP contribution >= 0.6 is 22.7 Å². The lowest BCUT2D eigenvalue weighted by atomic mass is 9.85. The number of hydrogen-bond donors (Lipinski definition) is 0. The second-order valence-electron chi connectivity index (χ2n) is 8.24. The first-order valence-corrected chi connectivity index (χ1v) is 12.5. The number of aromatic nitrogens is 1. The second-order valence-corrected chi connectivity index (χ2v) is 10.2. The highest BCUT2D eigenvalue weighted by molar-refractivity contribution is 7.10. The summed E-state index contributed by atoms with van der Waals surface area (Å²) in [7, 11) is 0. The average molecular weight is 471 g/mol. The van der Waals surface area contributed by atoms with Gasteiger partial charge in [0.25, 0.3) is 5.56 Å². The molecule has 1 atom stereocenters. The molecule has 0 spiro atoms. The van der Waals surface area contributed by atoms with Crippen molar-refractivity contribution in [3.8, 4) is 11.5 Å². The van der Waals surface area contributed by atoms with E-state index in [1.54, 1.807) is 11.3 Å². The number of thiazole rings is 1. The Kier molecular flexibility index (Phi) is 4.22. The van der Waals surface area contributed by atoms with Gasteiger partial charge in [-0.3, -0.25) is 9.36 Å². The molecule has 4 aromatic rings. The van der Waals surface area contributed by atoms with Crippen molar-refractivity contribution >= 4 is 34.4 Å². The van der Waals surface area contributed by atoms with Gasteiger partial charge < -0.3 is 9.47 Å². The fraction of sp³-hybridized carbons (Fsp3) is 0.154. The van der Waals surface area contributed by atoms with E-state index in [0.717, 1.165) is 34.7 Å². The topological polar surface area (TPSA) is 52.8 Å². The Bertz CT molecular complexity index is 1630. The van der Waals surface area contributed by atoms with Crippen LogP contribution < -0.4 is 24.4 Å². The maximum absolute atomic E-state index is 13.7. The first-order chi connectivity index (χ1) is 16.3. The van der Waals surface area contributed by atoms with Crippen LogP contribution in [0.1, 0.15) is 34.0 Å². The third kappa shape index (κ3) is 2.96. The van der Waals surface area contributed by atoms with Crippen LogP contribution in [0.3, 0.4) is 0 Å². The molecule has 5 nitrogen and oxygen atoms in total.